The third-order valence-electron chi connectivity index (χ3n) is 10.3. The van der Waals surface area contributed by atoms with Crippen LogP contribution in [0, 0.1) is 11.8 Å². The molecule has 20 N–H and O–H groups in total. The van der Waals surface area contributed by atoms with Gasteiger partial charge >= 0.3 is 5.97 Å². The summed E-state index contributed by atoms with van der Waals surface area (Å²) in [6, 6.07) is -2.56. The zero-order valence-electron chi connectivity index (χ0n) is 38.3. The zero-order valence-corrected chi connectivity index (χ0v) is 38.3. The Morgan fingerprint density at radius 2 is 1.09 bits per heavy atom. The van der Waals surface area contributed by atoms with Crippen molar-refractivity contribution in [3.8, 4) is 5.75 Å². The largest absolute Gasteiger partial charge is 0.508 e. The fourth-order valence-corrected chi connectivity index (χ4v) is 6.38. The smallest absolute Gasteiger partial charge is 0.325 e. The number of guanidine groups is 2. The van der Waals surface area contributed by atoms with Gasteiger partial charge in [0.05, 0.1) is 6.04 Å². The molecular weight excluding hydrogens is 845 g/mol. The van der Waals surface area contributed by atoms with Gasteiger partial charge < -0.3 is 76.5 Å². The molecule has 23 nitrogen and oxygen atoms in total. The first-order valence-electron chi connectivity index (χ1n) is 22.0. The molecule has 0 aromatic heterocycles. The van der Waals surface area contributed by atoms with Crippen molar-refractivity contribution in [1.29, 1.82) is 0 Å². The first kappa shape index (κ1) is 56.8. The summed E-state index contributed by atoms with van der Waals surface area (Å²) in [5.74, 6) is -6.48. The third kappa shape index (κ3) is 22.8. The summed E-state index contributed by atoms with van der Waals surface area (Å²) in [7, 11) is 0. The van der Waals surface area contributed by atoms with Gasteiger partial charge in [-0.2, -0.15) is 0 Å². The minimum atomic E-state index is -1.36. The lowest BCUT2D eigenvalue weighted by atomic mass is 9.96. The fourth-order valence-electron chi connectivity index (χ4n) is 6.38. The second-order valence-electron chi connectivity index (χ2n) is 16.5. The van der Waals surface area contributed by atoms with E-state index >= 15 is 0 Å². The highest BCUT2D eigenvalue weighted by molar-refractivity contribution is 5.97. The number of carbonyl (C=O) groups is 7. The average Bonchev–Trinajstić information content (AvgIpc) is 3.24. The predicted molar refractivity (Wildman–Crippen MR) is 246 cm³/mol. The number of unbranched alkanes of at least 4 members (excludes halogenated alkanes) is 1. The van der Waals surface area contributed by atoms with E-state index in [2.05, 4.69) is 41.9 Å². The monoisotopic (exact) mass is 919 g/mol. The Hall–Kier alpha value is -6.23. The molecule has 65 heavy (non-hydrogen) atoms. The number of nitrogens with two attached hydrogens (primary N) is 6. The molecule has 1 rings (SSSR count). The second kappa shape index (κ2) is 30.0. The number of carbonyl (C=O) groups excluding carboxylic acids is 6. The number of rotatable bonds is 31. The van der Waals surface area contributed by atoms with Crippen LogP contribution in [0.2, 0.25) is 0 Å². The van der Waals surface area contributed by atoms with Crippen molar-refractivity contribution in [2.24, 2.45) is 56.2 Å². The molecule has 23 heteroatoms. The van der Waals surface area contributed by atoms with Gasteiger partial charge in [-0.3, -0.25) is 43.5 Å². The molecule has 1 aromatic rings. The van der Waals surface area contributed by atoms with Crippen LogP contribution in [0.1, 0.15) is 98.0 Å². The number of hydrogen-bond acceptors (Lipinski definition) is 12. The molecule has 8 atom stereocenters. The van der Waals surface area contributed by atoms with Gasteiger partial charge in [0.15, 0.2) is 11.9 Å². The van der Waals surface area contributed by atoms with Crippen molar-refractivity contribution in [1.82, 2.24) is 31.9 Å². The van der Waals surface area contributed by atoms with Gasteiger partial charge in [-0.1, -0.05) is 46.2 Å². The molecule has 366 valence electrons. The molecule has 0 heterocycles. The number of carboxylic acids is 1. The number of phenols is 1. The van der Waals surface area contributed by atoms with Crippen LogP contribution in [0.3, 0.4) is 0 Å². The average molecular weight is 919 g/mol. The SMILES string of the molecule is CC[C@H](C)[C@H](NC(=O)[C@@H](N)CCCN=C(N)N)C(=O)N[C@@H](CCCCN)C(=O)N[C@@H](CCCN=C(N)N)C(=O)N[C@@H](Cc1ccc(O)cc1)C(=O)N[C@@H](CC(C)C)C(=O)N[C@@H](C)C(=O)O. The first-order chi connectivity index (χ1) is 30.6. The molecule has 0 saturated heterocycles. The molecule has 1 aromatic carbocycles. The van der Waals surface area contributed by atoms with Crippen LogP contribution in [-0.4, -0.2) is 125 Å². The van der Waals surface area contributed by atoms with Crippen LogP contribution < -0.4 is 66.3 Å². The molecule has 0 fully saturated rings. The number of benzene rings is 1. The normalized spacial score (nSPS) is 14.7. The fraction of sp³-hybridized carbons (Fsp3) is 0.643. The van der Waals surface area contributed by atoms with Crippen LogP contribution in [0.15, 0.2) is 34.3 Å². The summed E-state index contributed by atoms with van der Waals surface area (Å²) in [6.07, 6.45) is 2.26. The number of carboxylic acid groups (broad SMARTS) is 1. The number of phenolic OH excluding ortho intramolecular Hbond substituents is 1. The van der Waals surface area contributed by atoms with Crippen LogP contribution in [0.25, 0.3) is 0 Å². The second-order valence-corrected chi connectivity index (χ2v) is 16.5. The first-order valence-corrected chi connectivity index (χ1v) is 22.0. The van der Waals surface area contributed by atoms with E-state index in [1.54, 1.807) is 20.8 Å². The van der Waals surface area contributed by atoms with Crippen LogP contribution in [0.5, 0.6) is 5.75 Å². The summed E-state index contributed by atoms with van der Waals surface area (Å²) in [5, 5.41) is 35.2. The Kier molecular flexibility index (Phi) is 26.2. The van der Waals surface area contributed by atoms with Crippen molar-refractivity contribution in [3.05, 3.63) is 29.8 Å². The molecule has 0 unspecified atom stereocenters. The lowest BCUT2D eigenvalue weighted by molar-refractivity contribution is -0.142. The molecule has 0 aliphatic rings. The molecule has 0 spiro atoms. The highest BCUT2D eigenvalue weighted by Gasteiger charge is 2.34. The standard InChI is InChI=1S/C42H74N14O9/c1-6-24(4)33(56-34(58)28(44)11-9-19-49-41(45)46)39(63)53-29(12-7-8-18-43)35(59)52-30(13-10-20-50-42(47)48)36(60)55-32(22-26-14-16-27(57)17-15-26)38(62)54-31(21-23(2)3)37(61)51-25(5)40(64)65/h14-17,23-25,28-33,57H,6-13,18-22,43-44H2,1-5H3,(H,51,61)(H,52,59)(H,53,63)(H,54,62)(H,55,60)(H,56,58)(H,64,65)(H4,45,46,49)(H4,47,48,50)/t24-,25-,28-,29-,30-,31-,32-,33-/m0/s1. The Morgan fingerprint density at radius 3 is 1.60 bits per heavy atom. The number of aliphatic carboxylic acids is 1. The lowest BCUT2D eigenvalue weighted by Gasteiger charge is -2.29. The van der Waals surface area contributed by atoms with E-state index in [1.165, 1.54) is 31.2 Å². The maximum atomic E-state index is 14.3. The number of nitrogens with zero attached hydrogens (tertiary/aromatic N) is 2. The minimum absolute atomic E-state index is 0.0382. The van der Waals surface area contributed by atoms with Crippen molar-refractivity contribution < 1.29 is 43.8 Å². The number of aromatic hydroxyl groups is 1. The molecule has 0 aliphatic carbocycles. The van der Waals surface area contributed by atoms with E-state index in [1.807, 2.05) is 6.92 Å². The van der Waals surface area contributed by atoms with Crippen LogP contribution in [-0.2, 0) is 40.0 Å². The Morgan fingerprint density at radius 1 is 0.615 bits per heavy atom. The number of amides is 6. The van der Waals surface area contributed by atoms with Crippen LogP contribution in [0.4, 0.5) is 0 Å². The summed E-state index contributed by atoms with van der Waals surface area (Å²) >= 11 is 0. The van der Waals surface area contributed by atoms with E-state index in [9.17, 15) is 43.8 Å². The topological polar surface area (TPSA) is 413 Å². The molecule has 0 bridgehead atoms. The maximum absolute atomic E-state index is 14.3. The van der Waals surface area contributed by atoms with E-state index < -0.39 is 89.6 Å². The molecular formula is C42H74N14O9. The van der Waals surface area contributed by atoms with Gasteiger partial charge in [0.1, 0.15) is 42.0 Å². The van der Waals surface area contributed by atoms with Gasteiger partial charge in [-0.15, -0.1) is 0 Å². The Balaban J connectivity index is 3.54. The van der Waals surface area contributed by atoms with Gasteiger partial charge in [-0.05, 0) is 94.4 Å². The maximum Gasteiger partial charge on any atom is 0.325 e. The van der Waals surface area contributed by atoms with Gasteiger partial charge in [0, 0.05) is 19.5 Å². The third-order valence-corrected chi connectivity index (χ3v) is 10.3. The number of aliphatic imine (C=N–C) groups is 2. The quantitative estimate of drug-likeness (QED) is 0.0210. The summed E-state index contributed by atoms with van der Waals surface area (Å²) in [5.41, 5.74) is 34.1. The van der Waals surface area contributed by atoms with Crippen molar-refractivity contribution in [3.63, 3.8) is 0 Å². The van der Waals surface area contributed by atoms with Crippen LogP contribution >= 0.6 is 0 Å². The number of hydrogen-bond donors (Lipinski definition) is 14. The predicted octanol–water partition coefficient (Wildman–Crippen LogP) is -2.40. The van der Waals surface area contributed by atoms with E-state index in [4.69, 9.17) is 34.4 Å². The van der Waals surface area contributed by atoms with Gasteiger partial charge in [0.25, 0.3) is 0 Å². The highest BCUT2D eigenvalue weighted by atomic mass is 16.4. The van der Waals surface area contributed by atoms with Gasteiger partial charge in [0.2, 0.25) is 35.4 Å². The molecule has 0 saturated carbocycles. The highest BCUT2D eigenvalue weighted by Crippen LogP contribution is 2.15. The van der Waals surface area contributed by atoms with E-state index in [-0.39, 0.29) is 75.2 Å². The Bertz CT molecular complexity index is 1750. The summed E-state index contributed by atoms with van der Waals surface area (Å²) in [6.45, 7) is 9.10. The summed E-state index contributed by atoms with van der Waals surface area (Å²) < 4.78 is 0. The number of nitrogens with one attached hydrogen (secondary N) is 6. The van der Waals surface area contributed by atoms with Crippen molar-refractivity contribution in [2.45, 2.75) is 141 Å². The summed E-state index contributed by atoms with van der Waals surface area (Å²) in [4.78, 5) is 102. The van der Waals surface area contributed by atoms with E-state index in [0.29, 0.717) is 37.8 Å². The van der Waals surface area contributed by atoms with Crippen molar-refractivity contribution >= 4 is 53.3 Å². The van der Waals surface area contributed by atoms with Crippen molar-refractivity contribution in [2.75, 3.05) is 19.6 Å². The minimum Gasteiger partial charge on any atom is -0.508 e. The molecule has 6 amide bonds. The zero-order chi connectivity index (χ0) is 49.2. The van der Waals surface area contributed by atoms with E-state index in [0.717, 1.165) is 0 Å². The van der Waals surface area contributed by atoms with Gasteiger partial charge in [-0.25, -0.2) is 0 Å². The molecule has 0 aliphatic heterocycles. The Labute approximate surface area is 380 Å². The lowest BCUT2D eigenvalue weighted by Crippen LogP contribution is -2.60. The molecule has 0 radical (unpaired) electrons.